The van der Waals surface area contributed by atoms with Crippen LogP contribution in [0.5, 0.6) is 0 Å². The molecular formula is C24H29N3O7. The number of carbonyl (C=O) groups excluding carboxylic acids is 2. The third-order valence-electron chi connectivity index (χ3n) is 5.40. The summed E-state index contributed by atoms with van der Waals surface area (Å²) in [6, 6.07) is 14.9. The number of likely N-dealkylation sites (N-methyl/N-ethyl adjacent to an activating group) is 1. The van der Waals surface area contributed by atoms with Crippen LogP contribution < -0.4 is 10.8 Å². The average Bonchev–Trinajstić information content (AvgIpc) is 3.13. The van der Waals surface area contributed by atoms with E-state index in [2.05, 4.69) is 10.8 Å². The molecule has 2 amide bonds. The number of methoxy groups -OCH3 is 1. The van der Waals surface area contributed by atoms with Gasteiger partial charge in [-0.15, -0.1) is 0 Å². The van der Waals surface area contributed by atoms with Gasteiger partial charge in [-0.2, -0.15) is 0 Å². The lowest BCUT2D eigenvalue weighted by molar-refractivity contribution is -0.165. The van der Waals surface area contributed by atoms with Crippen molar-refractivity contribution < 1.29 is 33.8 Å². The molecule has 1 aliphatic carbocycles. The number of carboxylic acid groups (broad SMARTS) is 1. The molecule has 0 bridgehead atoms. The molecule has 34 heavy (non-hydrogen) atoms. The van der Waals surface area contributed by atoms with Crippen LogP contribution in [0.25, 0.3) is 11.1 Å². The Bertz CT molecular complexity index is 982. The van der Waals surface area contributed by atoms with Crippen molar-refractivity contribution in [3.8, 4) is 11.1 Å². The van der Waals surface area contributed by atoms with Gasteiger partial charge in [0.15, 0.2) is 0 Å². The van der Waals surface area contributed by atoms with Crippen LogP contribution in [-0.4, -0.2) is 81.1 Å². The number of rotatable bonds is 11. The third kappa shape index (κ3) is 6.10. The predicted molar refractivity (Wildman–Crippen MR) is 123 cm³/mol. The van der Waals surface area contributed by atoms with Crippen molar-refractivity contribution in [1.29, 1.82) is 0 Å². The van der Waals surface area contributed by atoms with Crippen LogP contribution in [0.1, 0.15) is 17.0 Å². The molecule has 0 saturated heterocycles. The number of nitrogens with zero attached hydrogens (tertiary/aromatic N) is 1. The molecule has 0 aromatic heterocycles. The average molecular weight is 472 g/mol. The van der Waals surface area contributed by atoms with Crippen molar-refractivity contribution in [2.45, 2.75) is 18.1 Å². The Morgan fingerprint density at radius 1 is 1.03 bits per heavy atom. The van der Waals surface area contributed by atoms with Crippen LogP contribution >= 0.6 is 0 Å². The normalized spacial score (nSPS) is 14.1. The van der Waals surface area contributed by atoms with Gasteiger partial charge in [0.2, 0.25) is 6.10 Å². The number of nitrogens with one attached hydrogen (secondary N) is 2. The lowest BCUT2D eigenvalue weighted by atomic mass is 9.98. The summed E-state index contributed by atoms with van der Waals surface area (Å²) in [6.45, 7) is -0.0171. The summed E-state index contributed by atoms with van der Waals surface area (Å²) in [5, 5.41) is 11.6. The van der Waals surface area contributed by atoms with Crippen molar-refractivity contribution in [2.75, 3.05) is 41.0 Å². The molecule has 3 rings (SSSR count). The van der Waals surface area contributed by atoms with E-state index < -0.39 is 30.1 Å². The van der Waals surface area contributed by atoms with E-state index in [4.69, 9.17) is 19.4 Å². The van der Waals surface area contributed by atoms with Gasteiger partial charge in [0.25, 0.3) is 5.91 Å². The van der Waals surface area contributed by atoms with E-state index in [0.29, 0.717) is 0 Å². The molecule has 0 fully saturated rings. The van der Waals surface area contributed by atoms with Gasteiger partial charge in [0.1, 0.15) is 12.6 Å². The Morgan fingerprint density at radius 2 is 1.62 bits per heavy atom. The summed E-state index contributed by atoms with van der Waals surface area (Å²) in [4.78, 5) is 42.9. The highest BCUT2D eigenvalue weighted by molar-refractivity contribution is 5.85. The van der Waals surface area contributed by atoms with Gasteiger partial charge in [0.05, 0.1) is 6.61 Å². The SMILES string of the molecule is COCC(ONC(=O)C(CN(C)C)NC(=O)OCC1c2ccccc2-c2ccccc21)C(=O)O. The molecule has 0 saturated carbocycles. The molecule has 2 aromatic carbocycles. The number of hydrogen-bond acceptors (Lipinski definition) is 7. The van der Waals surface area contributed by atoms with Gasteiger partial charge in [-0.1, -0.05) is 48.5 Å². The zero-order chi connectivity index (χ0) is 24.7. The van der Waals surface area contributed by atoms with Gasteiger partial charge in [-0.3, -0.25) is 9.63 Å². The fraction of sp³-hybridized carbons (Fsp3) is 0.375. The molecular weight excluding hydrogens is 442 g/mol. The zero-order valence-electron chi connectivity index (χ0n) is 19.3. The van der Waals surface area contributed by atoms with Gasteiger partial charge in [-0.05, 0) is 36.3 Å². The number of benzene rings is 2. The fourth-order valence-electron chi connectivity index (χ4n) is 3.85. The molecule has 10 heteroatoms. The van der Waals surface area contributed by atoms with Gasteiger partial charge in [0, 0.05) is 19.6 Å². The Morgan fingerprint density at radius 3 is 2.15 bits per heavy atom. The number of amides is 2. The van der Waals surface area contributed by atoms with E-state index in [-0.39, 0.29) is 25.7 Å². The number of alkyl carbamates (subject to hydrolysis) is 1. The van der Waals surface area contributed by atoms with Crippen LogP contribution in [0, 0.1) is 0 Å². The Labute approximate surface area is 197 Å². The summed E-state index contributed by atoms with van der Waals surface area (Å²) in [6.07, 6.45) is -2.15. The minimum absolute atomic E-state index is 0.0988. The molecule has 1 aliphatic rings. The maximum Gasteiger partial charge on any atom is 0.407 e. The maximum atomic E-state index is 12.6. The van der Waals surface area contributed by atoms with Crippen molar-refractivity contribution >= 4 is 18.0 Å². The smallest absolute Gasteiger partial charge is 0.407 e. The number of carbonyl (C=O) groups is 3. The van der Waals surface area contributed by atoms with E-state index in [1.54, 1.807) is 19.0 Å². The second-order valence-electron chi connectivity index (χ2n) is 8.15. The van der Waals surface area contributed by atoms with E-state index >= 15 is 0 Å². The third-order valence-corrected chi connectivity index (χ3v) is 5.40. The van der Waals surface area contributed by atoms with Crippen molar-refractivity contribution in [3.63, 3.8) is 0 Å². The number of hydroxylamine groups is 1. The topological polar surface area (TPSA) is 126 Å². The van der Waals surface area contributed by atoms with E-state index in [0.717, 1.165) is 22.3 Å². The van der Waals surface area contributed by atoms with Crippen molar-refractivity contribution in [1.82, 2.24) is 15.7 Å². The van der Waals surface area contributed by atoms with Crippen molar-refractivity contribution in [2.24, 2.45) is 0 Å². The molecule has 0 radical (unpaired) electrons. The van der Waals surface area contributed by atoms with E-state index in [1.807, 2.05) is 48.5 Å². The minimum Gasteiger partial charge on any atom is -0.479 e. The van der Waals surface area contributed by atoms with Crippen LogP contribution in [0.3, 0.4) is 0 Å². The lowest BCUT2D eigenvalue weighted by Crippen LogP contribution is -2.53. The Balaban J connectivity index is 1.62. The second kappa shape index (κ2) is 11.6. The molecule has 0 heterocycles. The van der Waals surface area contributed by atoms with Gasteiger partial charge < -0.3 is 24.8 Å². The fourth-order valence-corrected chi connectivity index (χ4v) is 3.85. The number of carboxylic acids is 1. The summed E-state index contributed by atoms with van der Waals surface area (Å²) in [5.41, 5.74) is 6.45. The standard InChI is InChI=1S/C24H29N3O7/c1-27(2)12-20(22(28)26-34-21(14-32-3)23(29)30)25-24(31)33-13-19-17-10-6-4-8-15(17)16-9-5-7-11-18(16)19/h4-11,19-21H,12-14H2,1-3H3,(H,25,31)(H,26,28)(H,29,30). The molecule has 0 spiro atoms. The number of hydrogen-bond donors (Lipinski definition) is 3. The molecule has 182 valence electrons. The maximum absolute atomic E-state index is 12.6. The highest BCUT2D eigenvalue weighted by Crippen LogP contribution is 2.44. The molecule has 2 atom stereocenters. The summed E-state index contributed by atoms with van der Waals surface area (Å²) >= 11 is 0. The van der Waals surface area contributed by atoms with Crippen LogP contribution in [0.15, 0.2) is 48.5 Å². The minimum atomic E-state index is -1.39. The molecule has 0 aliphatic heterocycles. The summed E-state index contributed by atoms with van der Waals surface area (Å²) < 4.78 is 10.3. The highest BCUT2D eigenvalue weighted by Gasteiger charge is 2.30. The molecule has 2 aromatic rings. The first kappa shape index (κ1) is 25.2. The Hall–Kier alpha value is -3.47. The highest BCUT2D eigenvalue weighted by atomic mass is 16.7. The largest absolute Gasteiger partial charge is 0.479 e. The first-order valence-corrected chi connectivity index (χ1v) is 10.7. The van der Waals surface area contributed by atoms with E-state index in [1.165, 1.54) is 7.11 Å². The quantitative estimate of drug-likeness (QED) is 0.422. The second-order valence-corrected chi connectivity index (χ2v) is 8.15. The van der Waals surface area contributed by atoms with Crippen molar-refractivity contribution in [3.05, 3.63) is 59.7 Å². The summed E-state index contributed by atoms with van der Waals surface area (Å²) in [5.74, 6) is -2.13. The first-order chi connectivity index (χ1) is 16.3. The number of ether oxygens (including phenoxy) is 2. The first-order valence-electron chi connectivity index (χ1n) is 10.7. The molecule has 10 nitrogen and oxygen atoms in total. The molecule has 3 N–H and O–H groups in total. The number of aliphatic carboxylic acids is 1. The van der Waals surface area contributed by atoms with Gasteiger partial charge >= 0.3 is 12.1 Å². The zero-order valence-corrected chi connectivity index (χ0v) is 19.3. The van der Waals surface area contributed by atoms with E-state index in [9.17, 15) is 14.4 Å². The van der Waals surface area contributed by atoms with Crippen LogP contribution in [-0.2, 0) is 23.9 Å². The lowest BCUT2D eigenvalue weighted by Gasteiger charge is -2.23. The molecule has 2 unspecified atom stereocenters. The van der Waals surface area contributed by atoms with Crippen LogP contribution in [0.2, 0.25) is 0 Å². The van der Waals surface area contributed by atoms with Crippen LogP contribution in [0.4, 0.5) is 4.79 Å². The monoisotopic (exact) mass is 471 g/mol. The van der Waals surface area contributed by atoms with Gasteiger partial charge in [-0.25, -0.2) is 15.1 Å². The Kier molecular flexibility index (Phi) is 8.58. The number of fused-ring (bicyclic) bond motifs is 3. The predicted octanol–water partition coefficient (Wildman–Crippen LogP) is 1.60. The summed E-state index contributed by atoms with van der Waals surface area (Å²) in [7, 11) is 4.77.